The lowest BCUT2D eigenvalue weighted by molar-refractivity contribution is 0.402. The molecule has 1 atom stereocenters. The summed E-state index contributed by atoms with van der Waals surface area (Å²) in [6.07, 6.45) is 5.44. The highest BCUT2D eigenvalue weighted by Crippen LogP contribution is 2.34. The quantitative estimate of drug-likeness (QED) is 0.811. The summed E-state index contributed by atoms with van der Waals surface area (Å²) in [5, 5.41) is 3.57. The van der Waals surface area contributed by atoms with Crippen molar-refractivity contribution in [1.29, 1.82) is 0 Å². The van der Waals surface area contributed by atoms with Gasteiger partial charge in [0.25, 0.3) is 0 Å². The van der Waals surface area contributed by atoms with Crippen molar-refractivity contribution in [2.75, 3.05) is 0 Å². The number of furan rings is 1. The second kappa shape index (κ2) is 5.34. The highest BCUT2D eigenvalue weighted by molar-refractivity contribution is 14.1. The molecule has 0 spiro atoms. The first-order chi connectivity index (χ1) is 7.28. The van der Waals surface area contributed by atoms with Gasteiger partial charge in [-0.25, -0.2) is 0 Å². The van der Waals surface area contributed by atoms with E-state index < -0.39 is 0 Å². The molecule has 15 heavy (non-hydrogen) atoms. The van der Waals surface area contributed by atoms with Crippen LogP contribution < -0.4 is 5.32 Å². The predicted molar refractivity (Wildman–Crippen MR) is 69.7 cm³/mol. The van der Waals surface area contributed by atoms with Crippen LogP contribution in [0.3, 0.4) is 0 Å². The van der Waals surface area contributed by atoms with E-state index in [2.05, 4.69) is 40.9 Å². The Balaban J connectivity index is 1.74. The minimum absolute atomic E-state index is 0.667. The minimum Gasteiger partial charge on any atom is -0.454 e. The topological polar surface area (TPSA) is 25.2 Å². The smallest absolute Gasteiger partial charge is 0.164 e. The Labute approximate surface area is 105 Å². The molecule has 0 amide bonds. The molecular formula is C12H18INO. The summed E-state index contributed by atoms with van der Waals surface area (Å²) in [6.45, 7) is 3.13. The maximum Gasteiger partial charge on any atom is 0.164 e. The van der Waals surface area contributed by atoms with Crippen LogP contribution in [0.1, 0.15) is 38.4 Å². The summed E-state index contributed by atoms with van der Waals surface area (Å²) < 4.78 is 6.50. The van der Waals surface area contributed by atoms with Gasteiger partial charge in [-0.2, -0.15) is 0 Å². The molecule has 1 aliphatic carbocycles. The lowest BCUT2D eigenvalue weighted by Gasteiger charge is -2.15. The van der Waals surface area contributed by atoms with Crippen LogP contribution in [0.4, 0.5) is 0 Å². The van der Waals surface area contributed by atoms with Crippen LogP contribution in [0.25, 0.3) is 0 Å². The molecule has 0 aliphatic heterocycles. The van der Waals surface area contributed by atoms with Crippen molar-refractivity contribution in [2.45, 2.75) is 45.2 Å². The Morgan fingerprint density at radius 1 is 1.53 bits per heavy atom. The van der Waals surface area contributed by atoms with Crippen molar-refractivity contribution in [1.82, 2.24) is 5.32 Å². The number of nitrogens with one attached hydrogen (secondary N) is 1. The zero-order valence-electron chi connectivity index (χ0n) is 9.13. The minimum atomic E-state index is 0.667. The first-order valence-corrected chi connectivity index (χ1v) is 6.83. The highest BCUT2D eigenvalue weighted by Gasteiger charge is 2.24. The standard InChI is InChI=1S/C12H18INO/c1-2-10(7-9-3-4-9)14-8-11-5-6-12(13)15-11/h5-6,9-10,14H,2-4,7-8H2,1H3. The van der Waals surface area contributed by atoms with E-state index in [0.717, 1.165) is 22.0 Å². The lowest BCUT2D eigenvalue weighted by Crippen LogP contribution is -2.28. The van der Waals surface area contributed by atoms with Crippen molar-refractivity contribution in [3.8, 4) is 0 Å². The van der Waals surface area contributed by atoms with E-state index in [9.17, 15) is 0 Å². The van der Waals surface area contributed by atoms with E-state index in [1.807, 2.05) is 6.07 Å². The Bertz CT molecular complexity index is 306. The third kappa shape index (κ3) is 3.79. The molecule has 2 nitrogen and oxygen atoms in total. The van der Waals surface area contributed by atoms with Gasteiger partial charge < -0.3 is 9.73 Å². The van der Waals surface area contributed by atoms with Gasteiger partial charge in [0.05, 0.1) is 6.54 Å². The second-order valence-corrected chi connectivity index (χ2v) is 5.43. The van der Waals surface area contributed by atoms with E-state index in [0.29, 0.717) is 6.04 Å². The van der Waals surface area contributed by atoms with Gasteiger partial charge in [-0.15, -0.1) is 0 Å². The summed E-state index contributed by atoms with van der Waals surface area (Å²) in [6, 6.07) is 4.73. The summed E-state index contributed by atoms with van der Waals surface area (Å²) in [5.41, 5.74) is 0. The third-order valence-corrected chi connectivity index (χ3v) is 3.58. The second-order valence-electron chi connectivity index (χ2n) is 4.37. The molecule has 1 heterocycles. The van der Waals surface area contributed by atoms with Gasteiger partial charge in [0, 0.05) is 6.04 Å². The van der Waals surface area contributed by atoms with E-state index >= 15 is 0 Å². The van der Waals surface area contributed by atoms with Crippen molar-refractivity contribution < 1.29 is 4.42 Å². The monoisotopic (exact) mass is 319 g/mol. The highest BCUT2D eigenvalue weighted by atomic mass is 127. The zero-order chi connectivity index (χ0) is 10.7. The molecule has 1 aromatic heterocycles. The van der Waals surface area contributed by atoms with Crippen LogP contribution in [0.15, 0.2) is 16.5 Å². The summed E-state index contributed by atoms with van der Waals surface area (Å²) in [4.78, 5) is 0. The summed E-state index contributed by atoms with van der Waals surface area (Å²) >= 11 is 2.20. The van der Waals surface area contributed by atoms with Crippen LogP contribution in [-0.4, -0.2) is 6.04 Å². The third-order valence-electron chi connectivity index (χ3n) is 3.00. The molecule has 2 rings (SSSR count). The SMILES string of the molecule is CCC(CC1CC1)NCc1ccc(I)o1. The van der Waals surface area contributed by atoms with E-state index in [1.54, 1.807) is 0 Å². The fourth-order valence-corrected chi connectivity index (χ4v) is 2.30. The van der Waals surface area contributed by atoms with Gasteiger partial charge >= 0.3 is 0 Å². The Kier molecular flexibility index (Phi) is 4.08. The molecule has 1 aromatic rings. The summed E-state index contributed by atoms with van der Waals surface area (Å²) in [7, 11) is 0. The Morgan fingerprint density at radius 2 is 2.33 bits per heavy atom. The normalized spacial score (nSPS) is 18.0. The Morgan fingerprint density at radius 3 is 2.87 bits per heavy atom. The molecule has 3 heteroatoms. The summed E-state index contributed by atoms with van der Waals surface area (Å²) in [5.74, 6) is 2.05. The average Bonchev–Trinajstić information content (AvgIpc) is 2.95. The molecule has 1 unspecified atom stereocenters. The molecule has 84 valence electrons. The predicted octanol–water partition coefficient (Wildman–Crippen LogP) is 3.55. The number of hydrogen-bond donors (Lipinski definition) is 1. The largest absolute Gasteiger partial charge is 0.454 e. The lowest BCUT2D eigenvalue weighted by atomic mass is 10.1. The van der Waals surface area contributed by atoms with Crippen LogP contribution in [0.5, 0.6) is 0 Å². The first-order valence-electron chi connectivity index (χ1n) is 5.75. The number of halogens is 1. The van der Waals surface area contributed by atoms with Crippen LogP contribution in [-0.2, 0) is 6.54 Å². The fraction of sp³-hybridized carbons (Fsp3) is 0.667. The van der Waals surface area contributed by atoms with Crippen LogP contribution in [0.2, 0.25) is 0 Å². The van der Waals surface area contributed by atoms with Gasteiger partial charge in [0.1, 0.15) is 5.76 Å². The van der Waals surface area contributed by atoms with Crippen molar-refractivity contribution in [3.05, 3.63) is 21.7 Å². The average molecular weight is 319 g/mol. The van der Waals surface area contributed by atoms with E-state index in [1.165, 1.54) is 25.7 Å². The van der Waals surface area contributed by atoms with Crippen molar-refractivity contribution in [2.24, 2.45) is 5.92 Å². The number of hydrogen-bond acceptors (Lipinski definition) is 2. The van der Waals surface area contributed by atoms with Crippen molar-refractivity contribution >= 4 is 22.6 Å². The molecule has 1 N–H and O–H groups in total. The molecular weight excluding hydrogens is 301 g/mol. The van der Waals surface area contributed by atoms with Gasteiger partial charge in [0.15, 0.2) is 3.77 Å². The molecule has 0 aromatic carbocycles. The zero-order valence-corrected chi connectivity index (χ0v) is 11.3. The van der Waals surface area contributed by atoms with Gasteiger partial charge in [-0.3, -0.25) is 0 Å². The molecule has 0 bridgehead atoms. The van der Waals surface area contributed by atoms with Gasteiger partial charge in [-0.1, -0.05) is 19.8 Å². The van der Waals surface area contributed by atoms with Crippen molar-refractivity contribution in [3.63, 3.8) is 0 Å². The maximum absolute atomic E-state index is 5.52. The van der Waals surface area contributed by atoms with Gasteiger partial charge in [-0.05, 0) is 53.5 Å². The molecule has 1 fully saturated rings. The van der Waals surface area contributed by atoms with Gasteiger partial charge in [0.2, 0.25) is 0 Å². The molecule has 1 saturated carbocycles. The van der Waals surface area contributed by atoms with E-state index in [-0.39, 0.29) is 0 Å². The molecule has 0 saturated heterocycles. The van der Waals surface area contributed by atoms with E-state index in [4.69, 9.17) is 4.42 Å². The first kappa shape index (κ1) is 11.5. The molecule has 0 radical (unpaired) electrons. The number of rotatable bonds is 6. The Hall–Kier alpha value is -0.0300. The maximum atomic E-state index is 5.52. The van der Waals surface area contributed by atoms with Crippen LogP contribution >= 0.6 is 22.6 Å². The fourth-order valence-electron chi connectivity index (χ4n) is 1.84. The van der Waals surface area contributed by atoms with Crippen LogP contribution in [0, 0.1) is 9.68 Å². The molecule has 1 aliphatic rings.